The molecule has 0 aliphatic rings. The summed E-state index contributed by atoms with van der Waals surface area (Å²) in [6.07, 6.45) is 1.45. The Bertz CT molecular complexity index is 1060. The number of hydrogen-bond acceptors (Lipinski definition) is 6. The number of thiophene rings is 1. The molecular weight excluding hydrogens is 411 g/mol. The van der Waals surface area contributed by atoms with Gasteiger partial charge in [-0.15, -0.1) is 11.3 Å². The van der Waals surface area contributed by atoms with Crippen LogP contribution in [-0.2, 0) is 11.3 Å². The molecule has 0 fully saturated rings. The number of halogens is 2. The minimum atomic E-state index is -0.440. The maximum absolute atomic E-state index is 12.8. The molecule has 3 rings (SSSR count). The fourth-order valence-corrected chi connectivity index (χ4v) is 4.05. The third-order valence-corrected chi connectivity index (χ3v) is 5.57. The highest BCUT2D eigenvalue weighted by molar-refractivity contribution is 7.20. The summed E-state index contributed by atoms with van der Waals surface area (Å²) in [5.74, 6) is 0.0455. The Morgan fingerprint density at radius 3 is 2.81 bits per heavy atom. The first-order chi connectivity index (χ1) is 12.9. The summed E-state index contributed by atoms with van der Waals surface area (Å²) in [4.78, 5) is 30.0. The number of nitrogens with zero attached hydrogens (tertiary/aromatic N) is 2. The highest BCUT2D eigenvalue weighted by Gasteiger charge is 2.20. The van der Waals surface area contributed by atoms with Gasteiger partial charge in [-0.3, -0.25) is 9.36 Å². The Hall–Kier alpha value is -2.09. The van der Waals surface area contributed by atoms with Crippen molar-refractivity contribution in [1.82, 2.24) is 9.55 Å². The van der Waals surface area contributed by atoms with E-state index in [1.807, 2.05) is 0 Å². The van der Waals surface area contributed by atoms with E-state index in [0.29, 0.717) is 36.5 Å². The maximum atomic E-state index is 12.8. The van der Waals surface area contributed by atoms with Crippen LogP contribution in [0.25, 0.3) is 10.2 Å². The zero-order valence-electron chi connectivity index (χ0n) is 14.6. The van der Waals surface area contributed by atoms with Gasteiger partial charge in [-0.05, 0) is 37.6 Å². The molecule has 0 aliphatic heterocycles. The Balaban J connectivity index is 1.81. The number of aryl methyl sites for hydroxylation is 1. The van der Waals surface area contributed by atoms with Crippen LogP contribution >= 0.6 is 34.5 Å². The smallest absolute Gasteiger partial charge is 0.348 e. The molecule has 0 amide bonds. The van der Waals surface area contributed by atoms with Gasteiger partial charge in [0.05, 0.1) is 29.9 Å². The highest BCUT2D eigenvalue weighted by atomic mass is 35.5. The summed E-state index contributed by atoms with van der Waals surface area (Å²) < 4.78 is 12.1. The summed E-state index contributed by atoms with van der Waals surface area (Å²) in [6.45, 7) is 4.24. The van der Waals surface area contributed by atoms with Gasteiger partial charge in [-0.1, -0.05) is 23.2 Å². The van der Waals surface area contributed by atoms with E-state index in [-0.39, 0.29) is 25.3 Å². The molecule has 0 N–H and O–H groups in total. The number of carbonyl (C=O) groups is 1. The van der Waals surface area contributed by atoms with Crippen LogP contribution in [0, 0.1) is 6.92 Å². The van der Waals surface area contributed by atoms with Gasteiger partial charge in [0.1, 0.15) is 22.1 Å². The lowest BCUT2D eigenvalue weighted by molar-refractivity contribution is 0.0531. The summed E-state index contributed by atoms with van der Waals surface area (Å²) in [5, 5.41) is 1.34. The summed E-state index contributed by atoms with van der Waals surface area (Å²) in [5.41, 5.74) is 0.358. The van der Waals surface area contributed by atoms with Gasteiger partial charge in [-0.2, -0.15) is 0 Å². The molecule has 0 unspecified atom stereocenters. The van der Waals surface area contributed by atoms with Crippen LogP contribution in [-0.4, -0.2) is 28.7 Å². The second kappa shape index (κ2) is 8.29. The van der Waals surface area contributed by atoms with E-state index in [9.17, 15) is 9.59 Å². The Labute approximate surface area is 169 Å². The molecule has 0 saturated carbocycles. The van der Waals surface area contributed by atoms with Crippen LogP contribution in [0.4, 0.5) is 0 Å². The van der Waals surface area contributed by atoms with E-state index in [1.165, 1.54) is 10.9 Å². The second-order valence-corrected chi connectivity index (χ2v) is 7.47. The summed E-state index contributed by atoms with van der Waals surface area (Å²) >= 11 is 13.1. The molecule has 0 spiro atoms. The molecule has 0 aliphatic carbocycles. The molecule has 27 heavy (non-hydrogen) atoms. The van der Waals surface area contributed by atoms with Crippen molar-refractivity contribution in [3.8, 4) is 5.75 Å². The van der Waals surface area contributed by atoms with Gasteiger partial charge in [0.2, 0.25) is 0 Å². The topological polar surface area (TPSA) is 70.4 Å². The fraction of sp³-hybridized carbons (Fsp3) is 0.278. The molecule has 2 heterocycles. The van der Waals surface area contributed by atoms with Gasteiger partial charge in [0.25, 0.3) is 5.56 Å². The third kappa shape index (κ3) is 4.10. The average Bonchev–Trinajstić information content (AvgIpc) is 2.96. The van der Waals surface area contributed by atoms with Crippen molar-refractivity contribution in [1.29, 1.82) is 0 Å². The standard InChI is InChI=1S/C18H16Cl2N2O4S/c1-3-25-18(24)15-10(2)14-16(27-15)21-9-22(17(14)23)6-7-26-13-5-4-11(19)8-12(13)20/h4-5,8-9H,3,6-7H2,1-2H3. The van der Waals surface area contributed by atoms with E-state index in [1.54, 1.807) is 32.0 Å². The van der Waals surface area contributed by atoms with Crippen molar-refractivity contribution in [2.75, 3.05) is 13.2 Å². The molecule has 0 radical (unpaired) electrons. The summed E-state index contributed by atoms with van der Waals surface area (Å²) in [6, 6.07) is 4.93. The van der Waals surface area contributed by atoms with Crippen molar-refractivity contribution < 1.29 is 14.3 Å². The molecule has 0 atom stereocenters. The SMILES string of the molecule is CCOC(=O)c1sc2ncn(CCOc3ccc(Cl)cc3Cl)c(=O)c2c1C. The predicted octanol–water partition coefficient (Wildman–Crippen LogP) is 4.33. The number of esters is 1. The molecule has 9 heteroatoms. The molecule has 142 valence electrons. The monoisotopic (exact) mass is 426 g/mol. The zero-order valence-corrected chi connectivity index (χ0v) is 17.0. The van der Waals surface area contributed by atoms with Gasteiger partial charge in [-0.25, -0.2) is 9.78 Å². The Kier molecular flexibility index (Phi) is 6.04. The lowest BCUT2D eigenvalue weighted by Crippen LogP contribution is -2.23. The van der Waals surface area contributed by atoms with E-state index >= 15 is 0 Å². The molecule has 3 aromatic rings. The number of hydrogen-bond donors (Lipinski definition) is 0. The van der Waals surface area contributed by atoms with E-state index in [4.69, 9.17) is 32.7 Å². The number of benzene rings is 1. The van der Waals surface area contributed by atoms with Gasteiger partial charge in [0.15, 0.2) is 0 Å². The van der Waals surface area contributed by atoms with Crippen LogP contribution in [0.5, 0.6) is 5.75 Å². The normalized spacial score (nSPS) is 11.0. The molecular formula is C18H16Cl2N2O4S. The van der Waals surface area contributed by atoms with Crippen LogP contribution in [0.1, 0.15) is 22.2 Å². The van der Waals surface area contributed by atoms with Gasteiger partial charge < -0.3 is 9.47 Å². The third-order valence-electron chi connectivity index (χ3n) is 3.86. The second-order valence-electron chi connectivity index (χ2n) is 5.62. The van der Waals surface area contributed by atoms with Gasteiger partial charge >= 0.3 is 5.97 Å². The predicted molar refractivity (Wildman–Crippen MR) is 107 cm³/mol. The van der Waals surface area contributed by atoms with Crippen molar-refractivity contribution in [2.45, 2.75) is 20.4 Å². The highest BCUT2D eigenvalue weighted by Crippen LogP contribution is 2.28. The first-order valence-corrected chi connectivity index (χ1v) is 9.73. The number of ether oxygens (including phenoxy) is 2. The van der Waals surface area contributed by atoms with Crippen molar-refractivity contribution >= 4 is 50.7 Å². The van der Waals surface area contributed by atoms with Crippen molar-refractivity contribution in [2.24, 2.45) is 0 Å². The van der Waals surface area contributed by atoms with Crippen LogP contribution in [0.2, 0.25) is 10.0 Å². The minimum Gasteiger partial charge on any atom is -0.490 e. The minimum absolute atomic E-state index is 0.225. The van der Waals surface area contributed by atoms with Crippen LogP contribution < -0.4 is 10.3 Å². The van der Waals surface area contributed by atoms with E-state index in [0.717, 1.165) is 11.3 Å². The quantitative estimate of drug-likeness (QED) is 0.548. The molecule has 0 saturated heterocycles. The lowest BCUT2D eigenvalue weighted by atomic mass is 10.2. The average molecular weight is 427 g/mol. The summed E-state index contributed by atoms with van der Waals surface area (Å²) in [7, 11) is 0. The van der Waals surface area contributed by atoms with E-state index in [2.05, 4.69) is 4.98 Å². The molecule has 0 bridgehead atoms. The maximum Gasteiger partial charge on any atom is 0.348 e. The van der Waals surface area contributed by atoms with Crippen LogP contribution in [0.3, 0.4) is 0 Å². The number of aromatic nitrogens is 2. The largest absolute Gasteiger partial charge is 0.490 e. The first-order valence-electron chi connectivity index (χ1n) is 8.16. The number of fused-ring (bicyclic) bond motifs is 1. The Morgan fingerprint density at radius 2 is 2.11 bits per heavy atom. The van der Waals surface area contributed by atoms with Crippen molar-refractivity contribution in [3.63, 3.8) is 0 Å². The van der Waals surface area contributed by atoms with E-state index < -0.39 is 5.97 Å². The lowest BCUT2D eigenvalue weighted by Gasteiger charge is -2.09. The fourth-order valence-electron chi connectivity index (χ4n) is 2.56. The molecule has 1 aromatic carbocycles. The number of rotatable bonds is 6. The zero-order chi connectivity index (χ0) is 19.6. The molecule has 2 aromatic heterocycles. The van der Waals surface area contributed by atoms with Gasteiger partial charge in [0, 0.05) is 5.02 Å². The Morgan fingerprint density at radius 1 is 1.33 bits per heavy atom. The molecule has 6 nitrogen and oxygen atoms in total. The first kappa shape index (κ1) is 19.7. The van der Waals surface area contributed by atoms with Crippen molar-refractivity contribution in [3.05, 3.63) is 55.4 Å². The number of carbonyl (C=O) groups excluding carboxylic acids is 1. The van der Waals surface area contributed by atoms with Crippen LogP contribution in [0.15, 0.2) is 29.3 Å².